The van der Waals surface area contributed by atoms with E-state index < -0.39 is 0 Å². The van der Waals surface area contributed by atoms with Gasteiger partial charge in [-0.3, -0.25) is 0 Å². The van der Waals surface area contributed by atoms with E-state index in [0.717, 1.165) is 5.75 Å². The Kier molecular flexibility index (Phi) is 2.69. The SMILES string of the molecule is COc1ccc(C(=O)[Se])cc1. The van der Waals surface area contributed by atoms with Gasteiger partial charge in [-0.15, -0.1) is 0 Å². The summed E-state index contributed by atoms with van der Waals surface area (Å²) in [7, 11) is 1.59. The van der Waals surface area contributed by atoms with E-state index in [0.29, 0.717) is 5.56 Å². The summed E-state index contributed by atoms with van der Waals surface area (Å²) in [4.78, 5) is 10.7. The predicted octanol–water partition coefficient (Wildman–Crippen LogP) is 1.00. The fourth-order valence-corrected chi connectivity index (χ4v) is 1.01. The number of hydrogen-bond donors (Lipinski definition) is 0. The fraction of sp³-hybridized carbons (Fsp3) is 0.125. The van der Waals surface area contributed by atoms with Gasteiger partial charge >= 0.3 is 72.9 Å². The first-order valence-electron chi connectivity index (χ1n) is 3.09. The maximum atomic E-state index is 10.7. The Morgan fingerprint density at radius 2 is 1.91 bits per heavy atom. The summed E-state index contributed by atoms with van der Waals surface area (Å²) in [6.07, 6.45) is 0. The van der Waals surface area contributed by atoms with E-state index in [1.165, 1.54) is 0 Å². The molecule has 1 rings (SSSR count). The molecule has 0 atom stereocenters. The van der Waals surface area contributed by atoms with Crippen LogP contribution in [0.5, 0.6) is 5.75 Å². The Hall–Kier alpha value is -0.791. The number of rotatable bonds is 2. The van der Waals surface area contributed by atoms with Crippen LogP contribution in [0.4, 0.5) is 0 Å². The molecule has 57 valence electrons. The van der Waals surface area contributed by atoms with Gasteiger partial charge in [0.25, 0.3) is 0 Å². The molecule has 0 saturated heterocycles. The van der Waals surface area contributed by atoms with Crippen molar-refractivity contribution in [3.05, 3.63) is 29.8 Å². The molecular formula is C8H7O2Se. The summed E-state index contributed by atoms with van der Waals surface area (Å²) < 4.78 is 4.88. The van der Waals surface area contributed by atoms with Gasteiger partial charge in [0.2, 0.25) is 0 Å². The standard InChI is InChI=1S/C8H7O2Se/c1-10-7-4-2-6(3-5-7)8(9)11/h2-5H,1H3. The van der Waals surface area contributed by atoms with E-state index in [4.69, 9.17) is 4.74 Å². The molecule has 0 bridgehead atoms. The van der Waals surface area contributed by atoms with Gasteiger partial charge in [0.05, 0.1) is 0 Å². The summed E-state index contributed by atoms with van der Waals surface area (Å²) in [6.45, 7) is 0. The zero-order valence-electron chi connectivity index (χ0n) is 6.03. The van der Waals surface area contributed by atoms with Crippen molar-refractivity contribution >= 4 is 20.7 Å². The van der Waals surface area contributed by atoms with Gasteiger partial charge in [-0.05, 0) is 0 Å². The molecule has 0 aromatic heterocycles. The first-order valence-corrected chi connectivity index (χ1v) is 3.95. The minimum atomic E-state index is -0.0485. The molecule has 1 aromatic carbocycles. The molecule has 0 heterocycles. The van der Waals surface area contributed by atoms with Crippen molar-refractivity contribution in [3.8, 4) is 5.75 Å². The summed E-state index contributed by atoms with van der Waals surface area (Å²) in [6, 6.07) is 6.95. The molecule has 1 radical (unpaired) electrons. The maximum absolute atomic E-state index is 10.7. The molecule has 0 aliphatic heterocycles. The van der Waals surface area contributed by atoms with Crippen LogP contribution in [0.2, 0.25) is 0 Å². The second kappa shape index (κ2) is 3.56. The van der Waals surface area contributed by atoms with E-state index in [-0.39, 0.29) is 4.68 Å². The topological polar surface area (TPSA) is 26.3 Å². The quantitative estimate of drug-likeness (QED) is 0.686. The third kappa shape index (κ3) is 2.07. The molecule has 2 nitrogen and oxygen atoms in total. The molecule has 0 unspecified atom stereocenters. The summed E-state index contributed by atoms with van der Waals surface area (Å²) >= 11 is 2.41. The van der Waals surface area contributed by atoms with E-state index in [1.807, 2.05) is 0 Å². The van der Waals surface area contributed by atoms with Crippen LogP contribution in [-0.2, 0) is 0 Å². The van der Waals surface area contributed by atoms with Gasteiger partial charge in [0, 0.05) is 0 Å². The van der Waals surface area contributed by atoms with Crippen molar-refractivity contribution in [1.82, 2.24) is 0 Å². The molecule has 0 N–H and O–H groups in total. The molecule has 1 aromatic rings. The molecule has 0 aliphatic carbocycles. The summed E-state index contributed by atoms with van der Waals surface area (Å²) in [5.41, 5.74) is 0.658. The fourth-order valence-electron chi connectivity index (χ4n) is 0.727. The average Bonchev–Trinajstić information content (AvgIpc) is 2.05. The van der Waals surface area contributed by atoms with E-state index in [2.05, 4.69) is 16.0 Å². The Morgan fingerprint density at radius 1 is 1.36 bits per heavy atom. The van der Waals surface area contributed by atoms with Crippen LogP contribution in [0.15, 0.2) is 24.3 Å². The van der Waals surface area contributed by atoms with Gasteiger partial charge in [0.15, 0.2) is 0 Å². The van der Waals surface area contributed by atoms with Crippen LogP contribution in [0, 0.1) is 0 Å². The first-order chi connectivity index (χ1) is 5.24. The molecular weight excluding hydrogens is 207 g/mol. The van der Waals surface area contributed by atoms with Crippen LogP contribution in [0.25, 0.3) is 0 Å². The van der Waals surface area contributed by atoms with Crippen molar-refractivity contribution in [2.75, 3.05) is 7.11 Å². The summed E-state index contributed by atoms with van der Waals surface area (Å²) in [5.74, 6) is 0.759. The normalized spacial score (nSPS) is 9.18. The monoisotopic (exact) mass is 215 g/mol. The summed E-state index contributed by atoms with van der Waals surface area (Å²) in [5, 5.41) is 0. The van der Waals surface area contributed by atoms with Gasteiger partial charge in [-0.25, -0.2) is 0 Å². The van der Waals surface area contributed by atoms with Gasteiger partial charge in [-0.2, -0.15) is 0 Å². The van der Waals surface area contributed by atoms with Gasteiger partial charge in [-0.1, -0.05) is 0 Å². The third-order valence-corrected chi connectivity index (χ3v) is 1.82. The molecule has 0 saturated carbocycles. The van der Waals surface area contributed by atoms with Crippen molar-refractivity contribution in [2.24, 2.45) is 0 Å². The number of ether oxygens (including phenoxy) is 1. The Morgan fingerprint density at radius 3 is 2.27 bits per heavy atom. The van der Waals surface area contributed by atoms with E-state index in [1.54, 1.807) is 31.4 Å². The molecule has 0 amide bonds. The van der Waals surface area contributed by atoms with E-state index >= 15 is 0 Å². The Labute approximate surface area is 73.4 Å². The van der Waals surface area contributed by atoms with Crippen LogP contribution in [-0.4, -0.2) is 27.8 Å². The number of methoxy groups -OCH3 is 1. The van der Waals surface area contributed by atoms with Crippen LogP contribution in [0.3, 0.4) is 0 Å². The average molecular weight is 214 g/mol. The zero-order chi connectivity index (χ0) is 8.27. The van der Waals surface area contributed by atoms with Crippen molar-refractivity contribution in [2.45, 2.75) is 0 Å². The number of benzene rings is 1. The van der Waals surface area contributed by atoms with Crippen LogP contribution < -0.4 is 4.74 Å². The molecule has 0 aliphatic rings. The molecule has 11 heavy (non-hydrogen) atoms. The van der Waals surface area contributed by atoms with Crippen LogP contribution >= 0.6 is 0 Å². The van der Waals surface area contributed by atoms with Gasteiger partial charge in [0.1, 0.15) is 0 Å². The second-order valence-corrected chi connectivity index (χ2v) is 2.79. The minimum absolute atomic E-state index is 0.0485. The van der Waals surface area contributed by atoms with Crippen molar-refractivity contribution in [1.29, 1.82) is 0 Å². The Balaban J connectivity index is 2.91. The van der Waals surface area contributed by atoms with Crippen molar-refractivity contribution < 1.29 is 9.53 Å². The van der Waals surface area contributed by atoms with E-state index in [9.17, 15) is 4.79 Å². The molecule has 0 spiro atoms. The predicted molar refractivity (Wildman–Crippen MR) is 43.1 cm³/mol. The second-order valence-electron chi connectivity index (χ2n) is 2.02. The number of carbonyl (C=O) groups excluding carboxylic acids is 1. The zero-order valence-corrected chi connectivity index (χ0v) is 7.75. The first kappa shape index (κ1) is 8.31. The third-order valence-electron chi connectivity index (χ3n) is 1.33. The van der Waals surface area contributed by atoms with Crippen molar-refractivity contribution in [3.63, 3.8) is 0 Å². The number of carbonyl (C=O) groups is 1. The van der Waals surface area contributed by atoms with Gasteiger partial charge < -0.3 is 0 Å². The Bertz CT molecular complexity index is 253. The van der Waals surface area contributed by atoms with Crippen LogP contribution in [0.1, 0.15) is 10.4 Å². The number of hydrogen-bond acceptors (Lipinski definition) is 2. The molecule has 3 heteroatoms. The molecule has 0 fully saturated rings.